The first kappa shape index (κ1) is 13.6. The van der Waals surface area contributed by atoms with Crippen molar-refractivity contribution in [1.29, 1.82) is 0 Å². The van der Waals surface area contributed by atoms with Gasteiger partial charge in [0.25, 0.3) is 0 Å². The van der Waals surface area contributed by atoms with Gasteiger partial charge in [-0.05, 0) is 37.9 Å². The summed E-state index contributed by atoms with van der Waals surface area (Å²) in [5.74, 6) is 0.0995. The topological polar surface area (TPSA) is 41.1 Å². The largest absolute Gasteiger partial charge is 0.352 e. The van der Waals surface area contributed by atoms with Crippen molar-refractivity contribution in [2.24, 2.45) is 0 Å². The van der Waals surface area contributed by atoms with Crippen molar-refractivity contribution in [1.82, 2.24) is 10.6 Å². The number of carbonyl (C=O) groups is 1. The number of nitrogens with one attached hydrogen (secondary N) is 2. The molecule has 2 N–H and O–H groups in total. The van der Waals surface area contributed by atoms with E-state index in [4.69, 9.17) is 0 Å². The second kappa shape index (κ2) is 6.34. The van der Waals surface area contributed by atoms with Gasteiger partial charge in [-0.15, -0.1) is 0 Å². The van der Waals surface area contributed by atoms with Gasteiger partial charge in [0.05, 0.1) is 6.42 Å². The predicted molar refractivity (Wildman–Crippen MR) is 76.5 cm³/mol. The first-order valence-corrected chi connectivity index (χ1v) is 7.22. The summed E-state index contributed by atoms with van der Waals surface area (Å²) in [4.78, 5) is 12.0. The Labute approximate surface area is 116 Å². The molecule has 0 aliphatic carbocycles. The van der Waals surface area contributed by atoms with Crippen LogP contribution in [0.15, 0.2) is 28.7 Å². The first-order valence-electron chi connectivity index (χ1n) is 6.43. The van der Waals surface area contributed by atoms with E-state index in [-0.39, 0.29) is 11.9 Å². The third kappa shape index (κ3) is 3.56. The summed E-state index contributed by atoms with van der Waals surface area (Å²) < 4.78 is 0.995. The Morgan fingerprint density at radius 3 is 3.00 bits per heavy atom. The van der Waals surface area contributed by atoms with Crippen molar-refractivity contribution >= 4 is 21.8 Å². The van der Waals surface area contributed by atoms with Gasteiger partial charge < -0.3 is 10.6 Å². The fourth-order valence-corrected chi connectivity index (χ4v) is 2.74. The molecule has 2 atom stereocenters. The molecular formula is C14H19BrN2O. The maximum atomic E-state index is 12.0. The summed E-state index contributed by atoms with van der Waals surface area (Å²) >= 11 is 3.47. The Morgan fingerprint density at radius 1 is 1.50 bits per heavy atom. The number of carbonyl (C=O) groups excluding carboxylic acids is 1. The van der Waals surface area contributed by atoms with Crippen LogP contribution in [0.2, 0.25) is 0 Å². The van der Waals surface area contributed by atoms with Crippen molar-refractivity contribution in [3.05, 3.63) is 34.3 Å². The molecule has 1 fully saturated rings. The maximum absolute atomic E-state index is 12.0. The first-order chi connectivity index (χ1) is 8.66. The molecule has 1 aromatic carbocycles. The van der Waals surface area contributed by atoms with Gasteiger partial charge >= 0.3 is 0 Å². The van der Waals surface area contributed by atoms with Crippen molar-refractivity contribution in [2.45, 2.75) is 38.3 Å². The van der Waals surface area contributed by atoms with Gasteiger partial charge in [0, 0.05) is 16.6 Å². The second-order valence-corrected chi connectivity index (χ2v) is 5.68. The van der Waals surface area contributed by atoms with Gasteiger partial charge in [0.2, 0.25) is 5.91 Å². The standard InChI is InChI=1S/C14H19BrN2O/c1-10-13(7-4-8-16-10)17-14(18)9-11-5-2-3-6-12(11)15/h2-3,5-6,10,13,16H,4,7-9H2,1H3,(H,17,18). The van der Waals surface area contributed by atoms with Crippen LogP contribution >= 0.6 is 15.9 Å². The number of piperidine rings is 1. The summed E-state index contributed by atoms with van der Waals surface area (Å²) in [6.07, 6.45) is 2.63. The third-order valence-corrected chi connectivity index (χ3v) is 4.19. The highest BCUT2D eigenvalue weighted by molar-refractivity contribution is 9.10. The summed E-state index contributed by atoms with van der Waals surface area (Å²) in [7, 11) is 0. The Morgan fingerprint density at radius 2 is 2.28 bits per heavy atom. The molecule has 0 radical (unpaired) electrons. The zero-order valence-corrected chi connectivity index (χ0v) is 12.2. The average molecular weight is 311 g/mol. The molecule has 0 saturated carbocycles. The molecule has 0 spiro atoms. The minimum Gasteiger partial charge on any atom is -0.352 e. The van der Waals surface area contributed by atoms with Crippen LogP contribution in [-0.4, -0.2) is 24.5 Å². The molecule has 1 amide bonds. The molecule has 1 aromatic rings. The van der Waals surface area contributed by atoms with Crippen LogP contribution in [0.3, 0.4) is 0 Å². The molecule has 2 rings (SSSR count). The smallest absolute Gasteiger partial charge is 0.224 e. The molecule has 0 bridgehead atoms. The van der Waals surface area contributed by atoms with Crippen LogP contribution < -0.4 is 10.6 Å². The Bertz CT molecular complexity index is 422. The number of hydrogen-bond acceptors (Lipinski definition) is 2. The molecule has 3 nitrogen and oxygen atoms in total. The van der Waals surface area contributed by atoms with Crippen LogP contribution in [0.5, 0.6) is 0 Å². The number of rotatable bonds is 3. The minimum absolute atomic E-state index is 0.0995. The van der Waals surface area contributed by atoms with Gasteiger partial charge in [-0.3, -0.25) is 4.79 Å². The minimum atomic E-state index is 0.0995. The Kier molecular flexibility index (Phi) is 4.78. The lowest BCUT2D eigenvalue weighted by atomic mass is 9.99. The van der Waals surface area contributed by atoms with E-state index in [9.17, 15) is 4.79 Å². The van der Waals surface area contributed by atoms with E-state index in [2.05, 4.69) is 33.5 Å². The van der Waals surface area contributed by atoms with E-state index in [1.807, 2.05) is 24.3 Å². The molecule has 1 heterocycles. The normalized spacial score (nSPS) is 23.7. The van der Waals surface area contributed by atoms with Gasteiger partial charge in [0.1, 0.15) is 0 Å². The van der Waals surface area contributed by atoms with E-state index < -0.39 is 0 Å². The molecule has 18 heavy (non-hydrogen) atoms. The van der Waals surface area contributed by atoms with Crippen LogP contribution in [-0.2, 0) is 11.2 Å². The average Bonchev–Trinajstić information content (AvgIpc) is 2.35. The molecule has 2 unspecified atom stereocenters. The predicted octanol–water partition coefficient (Wildman–Crippen LogP) is 2.25. The zero-order valence-electron chi connectivity index (χ0n) is 10.6. The van der Waals surface area contributed by atoms with E-state index in [0.717, 1.165) is 29.4 Å². The number of amides is 1. The quantitative estimate of drug-likeness (QED) is 0.899. The van der Waals surface area contributed by atoms with Crippen LogP contribution in [0, 0.1) is 0 Å². The summed E-state index contributed by atoms with van der Waals surface area (Å²) in [6, 6.07) is 8.48. The van der Waals surface area contributed by atoms with Crippen molar-refractivity contribution in [2.75, 3.05) is 6.54 Å². The molecule has 1 aliphatic heterocycles. The van der Waals surface area contributed by atoms with E-state index in [1.165, 1.54) is 0 Å². The van der Waals surface area contributed by atoms with E-state index in [1.54, 1.807) is 0 Å². The van der Waals surface area contributed by atoms with Crippen LogP contribution in [0.1, 0.15) is 25.3 Å². The Balaban J connectivity index is 1.90. The SMILES string of the molecule is CC1NCCCC1NC(=O)Cc1ccccc1Br. The van der Waals surface area contributed by atoms with E-state index >= 15 is 0 Å². The molecule has 4 heteroatoms. The molecular weight excluding hydrogens is 292 g/mol. The number of hydrogen-bond donors (Lipinski definition) is 2. The van der Waals surface area contributed by atoms with Gasteiger partial charge in [-0.2, -0.15) is 0 Å². The van der Waals surface area contributed by atoms with Crippen LogP contribution in [0.4, 0.5) is 0 Å². The fourth-order valence-electron chi connectivity index (χ4n) is 2.31. The van der Waals surface area contributed by atoms with Gasteiger partial charge in [-0.25, -0.2) is 0 Å². The molecule has 1 aliphatic rings. The Hall–Kier alpha value is -0.870. The highest BCUT2D eigenvalue weighted by Gasteiger charge is 2.22. The third-order valence-electron chi connectivity index (χ3n) is 3.42. The lowest BCUT2D eigenvalue weighted by molar-refractivity contribution is -0.121. The fraction of sp³-hybridized carbons (Fsp3) is 0.500. The molecule has 1 saturated heterocycles. The molecule has 98 valence electrons. The lowest BCUT2D eigenvalue weighted by Crippen LogP contribution is -2.52. The number of benzene rings is 1. The molecule has 0 aromatic heterocycles. The van der Waals surface area contributed by atoms with Crippen LogP contribution in [0.25, 0.3) is 0 Å². The summed E-state index contributed by atoms with van der Waals surface area (Å²) in [5, 5.41) is 6.51. The summed E-state index contributed by atoms with van der Waals surface area (Å²) in [6.45, 7) is 3.18. The highest BCUT2D eigenvalue weighted by Crippen LogP contribution is 2.16. The highest BCUT2D eigenvalue weighted by atomic mass is 79.9. The van der Waals surface area contributed by atoms with Crippen molar-refractivity contribution < 1.29 is 4.79 Å². The lowest BCUT2D eigenvalue weighted by Gasteiger charge is -2.30. The zero-order chi connectivity index (χ0) is 13.0. The maximum Gasteiger partial charge on any atom is 0.224 e. The van der Waals surface area contributed by atoms with Gasteiger partial charge in [-0.1, -0.05) is 34.1 Å². The van der Waals surface area contributed by atoms with E-state index in [0.29, 0.717) is 12.5 Å². The van der Waals surface area contributed by atoms with Crippen molar-refractivity contribution in [3.63, 3.8) is 0 Å². The number of halogens is 1. The summed E-state index contributed by atoms with van der Waals surface area (Å²) in [5.41, 5.74) is 1.03. The monoisotopic (exact) mass is 310 g/mol. The second-order valence-electron chi connectivity index (χ2n) is 4.83. The van der Waals surface area contributed by atoms with Gasteiger partial charge in [0.15, 0.2) is 0 Å². The van der Waals surface area contributed by atoms with Crippen molar-refractivity contribution in [3.8, 4) is 0 Å².